The smallest absolute Gasteiger partial charge is 0.170 e. The lowest BCUT2D eigenvalue weighted by Crippen LogP contribution is -2.18. The van der Waals surface area contributed by atoms with Crippen LogP contribution >= 0.6 is 15.9 Å². The van der Waals surface area contributed by atoms with E-state index in [2.05, 4.69) is 34.1 Å². The summed E-state index contributed by atoms with van der Waals surface area (Å²) in [5.41, 5.74) is 3.36. The van der Waals surface area contributed by atoms with Gasteiger partial charge >= 0.3 is 0 Å². The van der Waals surface area contributed by atoms with Crippen LogP contribution in [0.3, 0.4) is 0 Å². The molecule has 0 bridgehead atoms. The quantitative estimate of drug-likeness (QED) is 0.731. The van der Waals surface area contributed by atoms with Gasteiger partial charge in [0.25, 0.3) is 0 Å². The van der Waals surface area contributed by atoms with Gasteiger partial charge in [-0.2, -0.15) is 0 Å². The van der Waals surface area contributed by atoms with Crippen LogP contribution in [0.5, 0.6) is 0 Å². The zero-order chi connectivity index (χ0) is 13.2. The molecule has 1 unspecified atom stereocenters. The molecule has 3 rings (SSSR count). The summed E-state index contributed by atoms with van der Waals surface area (Å²) in [6, 6.07) is 16.0. The number of aryl methyl sites for hydroxylation is 1. The van der Waals surface area contributed by atoms with Crippen LogP contribution in [0, 0.1) is 0 Å². The first-order valence-corrected chi connectivity index (χ1v) is 7.42. The molecule has 0 amide bonds. The van der Waals surface area contributed by atoms with Crippen molar-refractivity contribution in [3.63, 3.8) is 0 Å². The van der Waals surface area contributed by atoms with E-state index in [9.17, 15) is 4.79 Å². The van der Waals surface area contributed by atoms with E-state index in [-0.39, 0.29) is 11.7 Å². The first kappa shape index (κ1) is 12.6. The van der Waals surface area contributed by atoms with Crippen LogP contribution in [0.2, 0.25) is 0 Å². The van der Waals surface area contributed by atoms with Gasteiger partial charge < -0.3 is 0 Å². The van der Waals surface area contributed by atoms with Gasteiger partial charge in [0.2, 0.25) is 0 Å². The summed E-state index contributed by atoms with van der Waals surface area (Å²) < 4.78 is 0.961. The maximum atomic E-state index is 12.7. The molecule has 19 heavy (non-hydrogen) atoms. The molecule has 96 valence electrons. The minimum atomic E-state index is 0.0271. The Labute approximate surface area is 121 Å². The highest BCUT2D eigenvalue weighted by molar-refractivity contribution is 9.10. The van der Waals surface area contributed by atoms with Crippen LogP contribution in [0.25, 0.3) is 0 Å². The van der Waals surface area contributed by atoms with Gasteiger partial charge in [-0.1, -0.05) is 52.3 Å². The van der Waals surface area contributed by atoms with Crippen molar-refractivity contribution in [2.24, 2.45) is 0 Å². The lowest BCUT2D eigenvalue weighted by atomic mass is 9.79. The van der Waals surface area contributed by atoms with Crippen molar-refractivity contribution in [1.82, 2.24) is 0 Å². The summed E-state index contributed by atoms with van der Waals surface area (Å²) in [6.07, 6.45) is 3.15. The van der Waals surface area contributed by atoms with Crippen molar-refractivity contribution < 1.29 is 4.79 Å². The number of halogens is 1. The number of carbonyl (C=O) groups is 1. The van der Waals surface area contributed by atoms with E-state index in [1.165, 1.54) is 11.1 Å². The zero-order valence-electron chi connectivity index (χ0n) is 10.6. The highest BCUT2D eigenvalue weighted by Gasteiger charge is 2.26. The molecule has 0 N–H and O–H groups in total. The number of ketones is 1. The van der Waals surface area contributed by atoms with E-state index in [1.807, 2.05) is 30.3 Å². The predicted molar refractivity (Wildman–Crippen MR) is 80.6 cm³/mol. The monoisotopic (exact) mass is 314 g/mol. The first-order chi connectivity index (χ1) is 9.25. The van der Waals surface area contributed by atoms with E-state index in [0.717, 1.165) is 29.3 Å². The highest BCUT2D eigenvalue weighted by Crippen LogP contribution is 2.34. The SMILES string of the molecule is O=C(c1cccc(Br)c1)C1CCCc2ccccc21. The molecule has 2 aromatic rings. The van der Waals surface area contributed by atoms with Crippen molar-refractivity contribution in [3.05, 3.63) is 69.7 Å². The summed E-state index contributed by atoms with van der Waals surface area (Å²) in [5, 5.41) is 0. The Kier molecular flexibility index (Phi) is 3.52. The number of rotatable bonds is 2. The lowest BCUT2D eigenvalue weighted by molar-refractivity contribution is 0.0951. The van der Waals surface area contributed by atoms with E-state index in [1.54, 1.807) is 0 Å². The predicted octanol–water partition coefficient (Wildman–Crippen LogP) is 4.75. The van der Waals surface area contributed by atoms with Gasteiger partial charge in [0.1, 0.15) is 0 Å². The van der Waals surface area contributed by atoms with Crippen LogP contribution in [-0.4, -0.2) is 5.78 Å². The number of Topliss-reactive ketones (excluding diaryl/α,β-unsaturated/α-hetero) is 1. The van der Waals surface area contributed by atoms with Gasteiger partial charge in [0.05, 0.1) is 0 Å². The Morgan fingerprint density at radius 2 is 1.95 bits per heavy atom. The summed E-state index contributed by atoms with van der Waals surface area (Å²) >= 11 is 3.43. The third-order valence-corrected chi connectivity index (χ3v) is 4.29. The molecule has 0 saturated carbocycles. The zero-order valence-corrected chi connectivity index (χ0v) is 12.2. The number of hydrogen-bond acceptors (Lipinski definition) is 1. The summed E-state index contributed by atoms with van der Waals surface area (Å²) in [6.45, 7) is 0. The van der Waals surface area contributed by atoms with E-state index in [4.69, 9.17) is 0 Å². The second-order valence-corrected chi connectivity index (χ2v) is 5.93. The van der Waals surface area contributed by atoms with Crippen LogP contribution in [0.4, 0.5) is 0 Å². The van der Waals surface area contributed by atoms with Gasteiger partial charge in [0, 0.05) is 16.0 Å². The first-order valence-electron chi connectivity index (χ1n) is 6.63. The largest absolute Gasteiger partial charge is 0.293 e. The van der Waals surface area contributed by atoms with Crippen LogP contribution in [0.1, 0.15) is 40.2 Å². The van der Waals surface area contributed by atoms with Gasteiger partial charge in [0.15, 0.2) is 5.78 Å². The average molecular weight is 315 g/mol. The van der Waals surface area contributed by atoms with E-state index in [0.29, 0.717) is 0 Å². The molecule has 0 heterocycles. The molecular weight excluding hydrogens is 300 g/mol. The fraction of sp³-hybridized carbons (Fsp3) is 0.235. The van der Waals surface area contributed by atoms with Gasteiger partial charge in [-0.3, -0.25) is 4.79 Å². The normalized spacial score (nSPS) is 17.8. The van der Waals surface area contributed by atoms with Crippen LogP contribution < -0.4 is 0 Å². The minimum Gasteiger partial charge on any atom is -0.293 e. The second-order valence-electron chi connectivity index (χ2n) is 5.02. The molecule has 1 aliphatic carbocycles. The Morgan fingerprint density at radius 1 is 1.11 bits per heavy atom. The van der Waals surface area contributed by atoms with Crippen molar-refractivity contribution in [3.8, 4) is 0 Å². The van der Waals surface area contributed by atoms with Crippen molar-refractivity contribution >= 4 is 21.7 Å². The summed E-state index contributed by atoms with van der Waals surface area (Å²) in [5.74, 6) is 0.271. The van der Waals surface area contributed by atoms with Crippen molar-refractivity contribution in [2.45, 2.75) is 25.2 Å². The number of benzene rings is 2. The maximum Gasteiger partial charge on any atom is 0.170 e. The van der Waals surface area contributed by atoms with Gasteiger partial charge in [-0.25, -0.2) is 0 Å². The van der Waals surface area contributed by atoms with Crippen molar-refractivity contribution in [1.29, 1.82) is 0 Å². The molecule has 2 heteroatoms. The molecule has 1 nitrogen and oxygen atoms in total. The molecular formula is C17H15BrO. The Morgan fingerprint density at radius 3 is 2.79 bits per heavy atom. The molecule has 1 atom stereocenters. The number of carbonyl (C=O) groups excluding carboxylic acids is 1. The minimum absolute atomic E-state index is 0.0271. The summed E-state index contributed by atoms with van der Waals surface area (Å²) in [7, 11) is 0. The second kappa shape index (κ2) is 5.30. The third kappa shape index (κ3) is 2.50. The highest BCUT2D eigenvalue weighted by atomic mass is 79.9. The van der Waals surface area contributed by atoms with E-state index < -0.39 is 0 Å². The Hall–Kier alpha value is -1.41. The topological polar surface area (TPSA) is 17.1 Å². The van der Waals surface area contributed by atoms with Gasteiger partial charge in [-0.15, -0.1) is 0 Å². The molecule has 0 aliphatic heterocycles. The molecule has 0 spiro atoms. The van der Waals surface area contributed by atoms with Crippen LogP contribution in [0.15, 0.2) is 53.0 Å². The Bertz CT molecular complexity index is 618. The number of fused-ring (bicyclic) bond motifs is 1. The lowest BCUT2D eigenvalue weighted by Gasteiger charge is -2.24. The Balaban J connectivity index is 1.98. The molecule has 0 fully saturated rings. The maximum absolute atomic E-state index is 12.7. The van der Waals surface area contributed by atoms with Gasteiger partial charge in [-0.05, 0) is 42.5 Å². The third-order valence-electron chi connectivity index (χ3n) is 3.80. The fourth-order valence-corrected chi connectivity index (χ4v) is 3.27. The van der Waals surface area contributed by atoms with E-state index >= 15 is 0 Å². The molecule has 0 saturated heterocycles. The number of hydrogen-bond donors (Lipinski definition) is 0. The molecule has 1 aliphatic rings. The van der Waals surface area contributed by atoms with Crippen molar-refractivity contribution in [2.75, 3.05) is 0 Å². The van der Waals surface area contributed by atoms with Crippen LogP contribution in [-0.2, 0) is 6.42 Å². The molecule has 2 aromatic carbocycles. The molecule has 0 radical (unpaired) electrons. The molecule has 0 aromatic heterocycles. The summed E-state index contributed by atoms with van der Waals surface area (Å²) in [4.78, 5) is 12.7. The standard InChI is InChI=1S/C17H15BrO/c18-14-8-3-7-13(11-14)17(19)16-10-4-6-12-5-1-2-9-15(12)16/h1-3,5,7-9,11,16H,4,6,10H2. The average Bonchev–Trinajstić information content (AvgIpc) is 2.46. The fourth-order valence-electron chi connectivity index (χ4n) is 2.87.